The summed E-state index contributed by atoms with van der Waals surface area (Å²) in [6.45, 7) is 10.6. The van der Waals surface area contributed by atoms with E-state index >= 15 is 0 Å². The van der Waals surface area contributed by atoms with Gasteiger partial charge in [-0.2, -0.15) is 0 Å². The second kappa shape index (κ2) is 20.9. The molecular weight excluding hydrogens is 371 g/mol. The van der Waals surface area contributed by atoms with Crippen LogP contribution in [0.15, 0.2) is 61.2 Å². The third kappa shape index (κ3) is 18.8. The van der Waals surface area contributed by atoms with Gasteiger partial charge in [0.15, 0.2) is 0 Å². The summed E-state index contributed by atoms with van der Waals surface area (Å²) in [5.41, 5.74) is 0. The van der Waals surface area contributed by atoms with E-state index in [-0.39, 0.29) is 19.5 Å². The Morgan fingerprint density at radius 1 is 0.565 bits per heavy atom. The number of hydrogen-bond donors (Lipinski definition) is 0. The Morgan fingerprint density at radius 3 is 1.00 bits per heavy atom. The maximum absolute atomic E-state index is 3.78. The van der Waals surface area contributed by atoms with Crippen molar-refractivity contribution in [3.05, 3.63) is 61.2 Å². The van der Waals surface area contributed by atoms with E-state index in [9.17, 15) is 0 Å². The van der Waals surface area contributed by atoms with Gasteiger partial charge in [0.05, 0.1) is 0 Å². The zero-order valence-electron chi connectivity index (χ0n) is 14.7. The van der Waals surface area contributed by atoms with E-state index in [1.807, 2.05) is 36.4 Å². The number of aromatic nitrogens is 2. The van der Waals surface area contributed by atoms with Gasteiger partial charge >= 0.3 is 0 Å². The molecular formula is C19H31N3Ru. The van der Waals surface area contributed by atoms with Gasteiger partial charge in [0.2, 0.25) is 0 Å². The maximum Gasteiger partial charge on any atom is 0.0267 e. The molecule has 4 heteroatoms. The number of hydrogen-bond acceptors (Lipinski definition) is 3. The van der Waals surface area contributed by atoms with Crippen LogP contribution in [0, 0.1) is 0 Å². The summed E-state index contributed by atoms with van der Waals surface area (Å²) in [5, 5.41) is 0. The fourth-order valence-corrected chi connectivity index (χ4v) is 1.91. The Morgan fingerprint density at radius 2 is 0.870 bits per heavy atom. The van der Waals surface area contributed by atoms with Crippen molar-refractivity contribution in [3.8, 4) is 0 Å². The van der Waals surface area contributed by atoms with Gasteiger partial charge in [0, 0.05) is 44.3 Å². The molecule has 0 saturated heterocycles. The summed E-state index contributed by atoms with van der Waals surface area (Å²) in [6.07, 6.45) is 10.9. The molecule has 0 aliphatic carbocycles. The van der Waals surface area contributed by atoms with E-state index in [4.69, 9.17) is 0 Å². The molecule has 2 rings (SSSR count). The second-order valence-electron chi connectivity index (χ2n) is 4.89. The van der Waals surface area contributed by atoms with Gasteiger partial charge in [-0.25, -0.2) is 0 Å². The first kappa shape index (κ1) is 24.1. The van der Waals surface area contributed by atoms with Crippen LogP contribution < -0.4 is 0 Å². The molecule has 0 fully saturated rings. The van der Waals surface area contributed by atoms with Gasteiger partial charge in [-0.1, -0.05) is 32.9 Å². The van der Waals surface area contributed by atoms with Crippen molar-refractivity contribution < 1.29 is 19.5 Å². The van der Waals surface area contributed by atoms with Crippen molar-refractivity contribution in [2.45, 2.75) is 40.0 Å². The minimum Gasteiger partial charge on any atom is -0.303 e. The van der Waals surface area contributed by atoms with Crippen molar-refractivity contribution in [3.63, 3.8) is 0 Å². The van der Waals surface area contributed by atoms with Crippen molar-refractivity contribution in [1.82, 2.24) is 14.9 Å². The van der Waals surface area contributed by atoms with Crippen molar-refractivity contribution in [2.75, 3.05) is 19.6 Å². The van der Waals surface area contributed by atoms with Crippen LogP contribution in [0.4, 0.5) is 0 Å². The molecule has 0 atom stereocenters. The first-order valence-electron chi connectivity index (χ1n) is 8.27. The fourth-order valence-electron chi connectivity index (χ4n) is 1.91. The van der Waals surface area contributed by atoms with E-state index in [2.05, 4.69) is 35.6 Å². The van der Waals surface area contributed by atoms with Crippen LogP contribution >= 0.6 is 0 Å². The minimum absolute atomic E-state index is 0. The van der Waals surface area contributed by atoms with Gasteiger partial charge in [-0.05, 0) is 63.2 Å². The second-order valence-corrected chi connectivity index (χ2v) is 4.89. The monoisotopic (exact) mass is 403 g/mol. The first-order valence-corrected chi connectivity index (χ1v) is 8.27. The molecule has 0 spiro atoms. The van der Waals surface area contributed by atoms with Crippen LogP contribution in [0.5, 0.6) is 0 Å². The van der Waals surface area contributed by atoms with Gasteiger partial charge in [-0.3, -0.25) is 9.97 Å². The van der Waals surface area contributed by atoms with E-state index in [0.717, 1.165) is 0 Å². The molecule has 130 valence electrons. The Bertz CT molecular complexity index is 299. The predicted molar refractivity (Wildman–Crippen MR) is 95.8 cm³/mol. The van der Waals surface area contributed by atoms with Gasteiger partial charge < -0.3 is 4.90 Å². The molecule has 2 aromatic rings. The first-order chi connectivity index (χ1) is 10.8. The number of pyridine rings is 2. The average molecular weight is 403 g/mol. The SMILES string of the molecule is CCCN(CCC)CCC.[Ru].c1ccncc1.c1ccncc1. The summed E-state index contributed by atoms with van der Waals surface area (Å²) < 4.78 is 0. The molecule has 0 amide bonds. The van der Waals surface area contributed by atoms with E-state index in [1.165, 1.54) is 38.9 Å². The smallest absolute Gasteiger partial charge is 0.0267 e. The summed E-state index contributed by atoms with van der Waals surface area (Å²) in [6, 6.07) is 11.4. The van der Waals surface area contributed by atoms with Crippen LogP contribution in [0.3, 0.4) is 0 Å². The van der Waals surface area contributed by atoms with Crippen molar-refractivity contribution >= 4 is 0 Å². The summed E-state index contributed by atoms with van der Waals surface area (Å²) in [5.74, 6) is 0. The molecule has 0 bridgehead atoms. The van der Waals surface area contributed by atoms with Crippen LogP contribution in [0.1, 0.15) is 40.0 Å². The van der Waals surface area contributed by atoms with Crippen LogP contribution in [0.25, 0.3) is 0 Å². The topological polar surface area (TPSA) is 29.0 Å². The average Bonchev–Trinajstić information content (AvgIpc) is 2.60. The molecule has 2 aromatic heterocycles. The molecule has 3 nitrogen and oxygen atoms in total. The molecule has 0 unspecified atom stereocenters. The molecule has 23 heavy (non-hydrogen) atoms. The molecule has 0 N–H and O–H groups in total. The quantitative estimate of drug-likeness (QED) is 0.657. The fraction of sp³-hybridized carbons (Fsp3) is 0.474. The van der Waals surface area contributed by atoms with E-state index < -0.39 is 0 Å². The molecule has 0 aliphatic heterocycles. The summed E-state index contributed by atoms with van der Waals surface area (Å²) in [4.78, 5) is 10.1. The molecule has 0 radical (unpaired) electrons. The third-order valence-electron chi connectivity index (χ3n) is 2.75. The number of nitrogens with zero attached hydrogens (tertiary/aromatic N) is 3. The van der Waals surface area contributed by atoms with E-state index in [1.54, 1.807) is 24.8 Å². The standard InChI is InChI=1S/C9H21N.2C5H5N.Ru/c1-4-7-10(8-5-2)9-6-3;2*1-2-4-6-5-3-1;/h4-9H2,1-3H3;2*1-5H;. The Labute approximate surface area is 155 Å². The van der Waals surface area contributed by atoms with Gasteiger partial charge in [0.1, 0.15) is 0 Å². The summed E-state index contributed by atoms with van der Waals surface area (Å²) >= 11 is 0. The van der Waals surface area contributed by atoms with Crippen LogP contribution in [0.2, 0.25) is 0 Å². The molecule has 0 aromatic carbocycles. The zero-order valence-corrected chi connectivity index (χ0v) is 16.4. The molecule has 2 heterocycles. The van der Waals surface area contributed by atoms with Crippen LogP contribution in [-0.4, -0.2) is 34.5 Å². The maximum atomic E-state index is 3.78. The normalized spacial score (nSPS) is 8.87. The van der Waals surface area contributed by atoms with Gasteiger partial charge in [-0.15, -0.1) is 0 Å². The Hall–Kier alpha value is -1.12. The molecule has 0 saturated carbocycles. The summed E-state index contributed by atoms with van der Waals surface area (Å²) in [7, 11) is 0. The minimum atomic E-state index is 0. The predicted octanol–water partition coefficient (Wildman–Crippen LogP) is 4.68. The molecule has 0 aliphatic rings. The Kier molecular flexibility index (Phi) is 21.9. The van der Waals surface area contributed by atoms with Crippen molar-refractivity contribution in [2.24, 2.45) is 0 Å². The van der Waals surface area contributed by atoms with Crippen LogP contribution in [-0.2, 0) is 19.5 Å². The third-order valence-corrected chi connectivity index (χ3v) is 2.75. The Balaban J connectivity index is 0. The number of rotatable bonds is 6. The van der Waals surface area contributed by atoms with Gasteiger partial charge in [0.25, 0.3) is 0 Å². The van der Waals surface area contributed by atoms with E-state index in [0.29, 0.717) is 0 Å². The largest absolute Gasteiger partial charge is 0.303 e. The zero-order chi connectivity index (χ0) is 16.3. The van der Waals surface area contributed by atoms with Crippen molar-refractivity contribution in [1.29, 1.82) is 0 Å².